The van der Waals surface area contributed by atoms with Crippen molar-refractivity contribution >= 4 is 0 Å². The first-order chi connectivity index (χ1) is 7.79. The molecule has 0 aromatic rings. The minimum atomic E-state index is 0.718. The fourth-order valence-corrected chi connectivity index (χ4v) is 2.13. The van der Waals surface area contributed by atoms with Crippen molar-refractivity contribution in [2.75, 3.05) is 40.4 Å². The second-order valence-electron chi connectivity index (χ2n) is 5.06. The first-order valence-electron chi connectivity index (χ1n) is 6.75. The van der Waals surface area contributed by atoms with E-state index in [1.54, 1.807) is 0 Å². The molecule has 1 saturated heterocycles. The van der Waals surface area contributed by atoms with Crippen LogP contribution in [0.5, 0.6) is 0 Å². The first kappa shape index (κ1) is 13.9. The monoisotopic (exact) mass is 228 g/mol. The maximum absolute atomic E-state index is 5.66. The average molecular weight is 228 g/mol. The SMILES string of the molecule is CN(C)CCCCOCCC1CCCCN1. The van der Waals surface area contributed by atoms with E-state index in [4.69, 9.17) is 4.74 Å². The molecule has 1 rings (SSSR count). The molecule has 96 valence electrons. The third-order valence-electron chi connectivity index (χ3n) is 3.17. The molecule has 0 aromatic carbocycles. The molecule has 16 heavy (non-hydrogen) atoms. The number of nitrogens with zero attached hydrogens (tertiary/aromatic N) is 1. The van der Waals surface area contributed by atoms with Gasteiger partial charge in [0, 0.05) is 19.3 Å². The summed E-state index contributed by atoms with van der Waals surface area (Å²) in [6.45, 7) is 4.24. The Hall–Kier alpha value is -0.120. The lowest BCUT2D eigenvalue weighted by Gasteiger charge is -2.23. The standard InChI is InChI=1S/C13H28N2O/c1-15(2)10-5-6-11-16-12-8-13-7-3-4-9-14-13/h13-14H,3-12H2,1-2H3. The molecule has 0 aromatic heterocycles. The third kappa shape index (κ3) is 7.20. The van der Waals surface area contributed by atoms with Crippen molar-refractivity contribution in [3.63, 3.8) is 0 Å². The highest BCUT2D eigenvalue weighted by atomic mass is 16.5. The average Bonchev–Trinajstić information content (AvgIpc) is 2.29. The molecule has 0 radical (unpaired) electrons. The van der Waals surface area contributed by atoms with Gasteiger partial charge < -0.3 is 15.0 Å². The topological polar surface area (TPSA) is 24.5 Å². The molecule has 0 saturated carbocycles. The zero-order chi connectivity index (χ0) is 11.6. The summed E-state index contributed by atoms with van der Waals surface area (Å²) in [6.07, 6.45) is 7.70. The Bertz CT molecular complexity index is 156. The zero-order valence-corrected chi connectivity index (χ0v) is 11.0. The summed E-state index contributed by atoms with van der Waals surface area (Å²) >= 11 is 0. The molecule has 0 amide bonds. The van der Waals surface area contributed by atoms with Crippen LogP contribution in [0.2, 0.25) is 0 Å². The van der Waals surface area contributed by atoms with Gasteiger partial charge >= 0.3 is 0 Å². The van der Waals surface area contributed by atoms with Gasteiger partial charge in [-0.1, -0.05) is 6.42 Å². The molecule has 1 heterocycles. The maximum Gasteiger partial charge on any atom is 0.0480 e. The summed E-state index contributed by atoms with van der Waals surface area (Å²) < 4.78 is 5.66. The minimum Gasteiger partial charge on any atom is -0.381 e. The van der Waals surface area contributed by atoms with E-state index >= 15 is 0 Å². The molecule has 0 aliphatic carbocycles. The first-order valence-corrected chi connectivity index (χ1v) is 6.75. The predicted octanol–water partition coefficient (Wildman–Crippen LogP) is 1.88. The van der Waals surface area contributed by atoms with Crippen molar-refractivity contribution in [3.05, 3.63) is 0 Å². The molecule has 1 atom stereocenters. The van der Waals surface area contributed by atoms with Crippen LogP contribution in [-0.4, -0.2) is 51.3 Å². The maximum atomic E-state index is 5.66. The van der Waals surface area contributed by atoms with Gasteiger partial charge in [-0.2, -0.15) is 0 Å². The Labute approximate surface area is 101 Å². The van der Waals surface area contributed by atoms with Gasteiger partial charge in [0.15, 0.2) is 0 Å². The van der Waals surface area contributed by atoms with E-state index in [9.17, 15) is 0 Å². The van der Waals surface area contributed by atoms with Gasteiger partial charge in [-0.25, -0.2) is 0 Å². The van der Waals surface area contributed by atoms with Crippen molar-refractivity contribution in [2.24, 2.45) is 0 Å². The summed E-state index contributed by atoms with van der Waals surface area (Å²) in [7, 11) is 4.24. The molecular weight excluding hydrogens is 200 g/mol. The van der Waals surface area contributed by atoms with Crippen molar-refractivity contribution in [3.8, 4) is 0 Å². The Morgan fingerprint density at radius 2 is 2.06 bits per heavy atom. The van der Waals surface area contributed by atoms with Gasteiger partial charge in [0.25, 0.3) is 0 Å². The highest BCUT2D eigenvalue weighted by molar-refractivity contribution is 4.71. The van der Waals surface area contributed by atoms with Crippen molar-refractivity contribution in [2.45, 2.75) is 44.6 Å². The molecule has 3 heteroatoms. The van der Waals surface area contributed by atoms with Gasteiger partial charge in [0.2, 0.25) is 0 Å². The van der Waals surface area contributed by atoms with E-state index in [0.29, 0.717) is 0 Å². The summed E-state index contributed by atoms with van der Waals surface area (Å²) in [4.78, 5) is 2.23. The quantitative estimate of drug-likeness (QED) is 0.642. The molecule has 1 unspecified atom stereocenters. The molecule has 1 fully saturated rings. The lowest BCUT2D eigenvalue weighted by molar-refractivity contribution is 0.116. The van der Waals surface area contributed by atoms with Crippen molar-refractivity contribution < 1.29 is 4.74 Å². The fourth-order valence-electron chi connectivity index (χ4n) is 2.13. The number of unbranched alkanes of at least 4 members (excludes halogenated alkanes) is 1. The van der Waals surface area contributed by atoms with Crippen molar-refractivity contribution in [1.29, 1.82) is 0 Å². The Kier molecular flexibility index (Phi) is 7.81. The molecule has 0 spiro atoms. The van der Waals surface area contributed by atoms with Crippen LogP contribution < -0.4 is 5.32 Å². The van der Waals surface area contributed by atoms with Gasteiger partial charge in [0.1, 0.15) is 0 Å². The number of ether oxygens (including phenoxy) is 1. The van der Waals surface area contributed by atoms with Crippen LogP contribution in [0.25, 0.3) is 0 Å². The van der Waals surface area contributed by atoms with Crippen LogP contribution in [0.3, 0.4) is 0 Å². The normalized spacial score (nSPS) is 21.6. The highest BCUT2D eigenvalue weighted by Crippen LogP contribution is 2.09. The zero-order valence-electron chi connectivity index (χ0n) is 11.0. The molecule has 3 nitrogen and oxygen atoms in total. The number of nitrogens with one attached hydrogen (secondary N) is 1. The van der Waals surface area contributed by atoms with Crippen LogP contribution in [0.1, 0.15) is 38.5 Å². The van der Waals surface area contributed by atoms with E-state index in [0.717, 1.165) is 19.3 Å². The number of piperidine rings is 1. The molecule has 1 N–H and O–H groups in total. The Morgan fingerprint density at radius 3 is 2.75 bits per heavy atom. The molecule has 0 bridgehead atoms. The van der Waals surface area contributed by atoms with Crippen LogP contribution in [0.4, 0.5) is 0 Å². The van der Waals surface area contributed by atoms with Crippen LogP contribution in [-0.2, 0) is 4.74 Å². The van der Waals surface area contributed by atoms with E-state index in [-0.39, 0.29) is 0 Å². The largest absolute Gasteiger partial charge is 0.381 e. The van der Waals surface area contributed by atoms with Gasteiger partial charge in [-0.3, -0.25) is 0 Å². The predicted molar refractivity (Wildman–Crippen MR) is 68.9 cm³/mol. The van der Waals surface area contributed by atoms with Gasteiger partial charge in [-0.15, -0.1) is 0 Å². The van der Waals surface area contributed by atoms with Crippen molar-refractivity contribution in [1.82, 2.24) is 10.2 Å². The molecule has 1 aliphatic rings. The number of hydrogen-bond acceptors (Lipinski definition) is 3. The third-order valence-corrected chi connectivity index (χ3v) is 3.17. The summed E-state index contributed by atoms with van der Waals surface area (Å²) in [5, 5.41) is 3.55. The fraction of sp³-hybridized carbons (Fsp3) is 1.00. The van der Waals surface area contributed by atoms with Gasteiger partial charge in [0.05, 0.1) is 0 Å². The van der Waals surface area contributed by atoms with Crippen LogP contribution in [0, 0.1) is 0 Å². The highest BCUT2D eigenvalue weighted by Gasteiger charge is 2.11. The Morgan fingerprint density at radius 1 is 1.19 bits per heavy atom. The lowest BCUT2D eigenvalue weighted by Crippen LogP contribution is -2.34. The summed E-state index contributed by atoms with van der Waals surface area (Å²) in [5.41, 5.74) is 0. The summed E-state index contributed by atoms with van der Waals surface area (Å²) in [6, 6.07) is 0.718. The van der Waals surface area contributed by atoms with E-state index < -0.39 is 0 Å². The number of hydrogen-bond donors (Lipinski definition) is 1. The van der Waals surface area contributed by atoms with E-state index in [1.807, 2.05) is 0 Å². The smallest absolute Gasteiger partial charge is 0.0480 e. The summed E-state index contributed by atoms with van der Waals surface area (Å²) in [5.74, 6) is 0. The van der Waals surface area contributed by atoms with E-state index in [1.165, 1.54) is 51.6 Å². The van der Waals surface area contributed by atoms with E-state index in [2.05, 4.69) is 24.3 Å². The molecule has 1 aliphatic heterocycles. The Balaban J connectivity index is 1.80. The second-order valence-corrected chi connectivity index (χ2v) is 5.06. The lowest BCUT2D eigenvalue weighted by atomic mass is 10.0. The number of rotatable bonds is 8. The van der Waals surface area contributed by atoms with Gasteiger partial charge in [-0.05, 0) is 59.3 Å². The minimum absolute atomic E-state index is 0.718. The molecular formula is C13H28N2O. The van der Waals surface area contributed by atoms with Crippen LogP contribution in [0.15, 0.2) is 0 Å². The van der Waals surface area contributed by atoms with Crippen LogP contribution >= 0.6 is 0 Å². The second kappa shape index (κ2) is 8.97.